The molecule has 1 aliphatic carbocycles. The lowest BCUT2D eigenvalue weighted by molar-refractivity contribution is -0.137. The van der Waals surface area contributed by atoms with Crippen molar-refractivity contribution in [3.05, 3.63) is 30.1 Å². The summed E-state index contributed by atoms with van der Waals surface area (Å²) >= 11 is 0. The molecule has 0 spiro atoms. The van der Waals surface area contributed by atoms with E-state index in [0.29, 0.717) is 5.69 Å². The second kappa shape index (κ2) is 5.26. The van der Waals surface area contributed by atoms with Crippen molar-refractivity contribution in [2.24, 2.45) is 0 Å². The molecule has 2 amide bonds. The molecule has 1 fully saturated rings. The third kappa shape index (κ3) is 3.21. The van der Waals surface area contributed by atoms with E-state index in [0.717, 1.165) is 12.8 Å². The minimum Gasteiger partial charge on any atom is -0.480 e. The summed E-state index contributed by atoms with van der Waals surface area (Å²) in [5.41, 5.74) is 0.404. The van der Waals surface area contributed by atoms with Crippen molar-refractivity contribution >= 4 is 17.7 Å². The van der Waals surface area contributed by atoms with E-state index >= 15 is 0 Å². The maximum Gasteiger partial charge on any atom is 0.325 e. The summed E-state index contributed by atoms with van der Waals surface area (Å²) in [6, 6.07) is 5.21. The first-order chi connectivity index (χ1) is 8.99. The summed E-state index contributed by atoms with van der Waals surface area (Å²) in [5.74, 6) is -1.48. The number of hydrogen-bond donors (Lipinski definition) is 1. The fraction of sp³-hybridized carbons (Fsp3) is 0.385. The predicted octanol–water partition coefficient (Wildman–Crippen LogP) is 1.93. The Kier molecular flexibility index (Phi) is 3.69. The number of rotatable bonds is 4. The van der Waals surface area contributed by atoms with Crippen LogP contribution in [-0.2, 0) is 4.79 Å². The maximum absolute atomic E-state index is 13.1. The van der Waals surface area contributed by atoms with Crippen LogP contribution in [0.2, 0.25) is 0 Å². The lowest BCUT2D eigenvalue weighted by Crippen LogP contribution is -2.45. The molecule has 0 heterocycles. The summed E-state index contributed by atoms with van der Waals surface area (Å²) in [7, 11) is 1.51. The molecule has 0 radical (unpaired) electrons. The number of benzene rings is 1. The van der Waals surface area contributed by atoms with E-state index in [9.17, 15) is 14.0 Å². The van der Waals surface area contributed by atoms with Crippen molar-refractivity contribution in [1.82, 2.24) is 4.90 Å². The van der Waals surface area contributed by atoms with Crippen LogP contribution in [0.4, 0.5) is 14.9 Å². The molecule has 1 aromatic rings. The van der Waals surface area contributed by atoms with Gasteiger partial charge in [-0.05, 0) is 31.0 Å². The summed E-state index contributed by atoms with van der Waals surface area (Å²) in [4.78, 5) is 25.6. The smallest absolute Gasteiger partial charge is 0.325 e. The SMILES string of the molecule is CN(C(=O)N(CC(=O)O)C1CC1)c1cccc(F)c1. The first-order valence-corrected chi connectivity index (χ1v) is 6.00. The molecule has 5 nitrogen and oxygen atoms in total. The van der Waals surface area contributed by atoms with Gasteiger partial charge in [-0.2, -0.15) is 0 Å². The van der Waals surface area contributed by atoms with Gasteiger partial charge in [-0.25, -0.2) is 9.18 Å². The Morgan fingerprint density at radius 3 is 2.63 bits per heavy atom. The number of halogens is 1. The van der Waals surface area contributed by atoms with E-state index in [1.165, 1.54) is 35.0 Å². The molecular weight excluding hydrogens is 251 g/mol. The third-order valence-electron chi connectivity index (χ3n) is 3.02. The van der Waals surface area contributed by atoms with E-state index in [1.54, 1.807) is 6.07 Å². The molecule has 0 aromatic heterocycles. The van der Waals surface area contributed by atoms with E-state index in [1.807, 2.05) is 0 Å². The van der Waals surface area contributed by atoms with Gasteiger partial charge in [0, 0.05) is 18.8 Å². The van der Waals surface area contributed by atoms with Crippen LogP contribution in [-0.4, -0.2) is 41.6 Å². The Morgan fingerprint density at radius 2 is 2.11 bits per heavy atom. The summed E-state index contributed by atoms with van der Waals surface area (Å²) < 4.78 is 13.1. The van der Waals surface area contributed by atoms with Gasteiger partial charge in [0.1, 0.15) is 12.4 Å². The van der Waals surface area contributed by atoms with Crippen LogP contribution in [0.3, 0.4) is 0 Å². The highest BCUT2D eigenvalue weighted by molar-refractivity contribution is 5.93. The molecule has 0 saturated heterocycles. The molecule has 6 heteroatoms. The number of carboxylic acid groups (broad SMARTS) is 1. The largest absolute Gasteiger partial charge is 0.480 e. The molecule has 1 aromatic carbocycles. The van der Waals surface area contributed by atoms with Gasteiger partial charge in [0.15, 0.2) is 0 Å². The molecule has 0 atom stereocenters. The third-order valence-corrected chi connectivity index (χ3v) is 3.02. The number of aliphatic carboxylic acids is 1. The second-order valence-corrected chi connectivity index (χ2v) is 4.57. The van der Waals surface area contributed by atoms with Crippen molar-refractivity contribution in [3.8, 4) is 0 Å². The molecule has 0 bridgehead atoms. The highest BCUT2D eigenvalue weighted by Gasteiger charge is 2.35. The number of carbonyl (C=O) groups is 2. The van der Waals surface area contributed by atoms with Gasteiger partial charge in [0.05, 0.1) is 0 Å². The molecule has 1 saturated carbocycles. The predicted molar refractivity (Wildman–Crippen MR) is 67.6 cm³/mol. The molecular formula is C13H15FN2O3. The van der Waals surface area contributed by atoms with Gasteiger partial charge in [0.2, 0.25) is 0 Å². The first-order valence-electron chi connectivity index (χ1n) is 6.00. The van der Waals surface area contributed by atoms with E-state index in [-0.39, 0.29) is 12.6 Å². The van der Waals surface area contributed by atoms with Gasteiger partial charge in [0.25, 0.3) is 0 Å². The molecule has 19 heavy (non-hydrogen) atoms. The highest BCUT2D eigenvalue weighted by atomic mass is 19.1. The van der Waals surface area contributed by atoms with Gasteiger partial charge in [-0.3, -0.25) is 9.69 Å². The Hall–Kier alpha value is -2.11. The first kappa shape index (κ1) is 13.3. The summed E-state index contributed by atoms with van der Waals surface area (Å²) in [5, 5.41) is 8.83. The lowest BCUT2D eigenvalue weighted by Gasteiger charge is -2.27. The van der Waals surface area contributed by atoms with Gasteiger partial charge < -0.3 is 10.0 Å². The van der Waals surface area contributed by atoms with Crippen LogP contribution >= 0.6 is 0 Å². The van der Waals surface area contributed by atoms with E-state index in [4.69, 9.17) is 5.11 Å². The van der Waals surface area contributed by atoms with Crippen LogP contribution < -0.4 is 4.90 Å². The average molecular weight is 266 g/mol. The van der Waals surface area contributed by atoms with E-state index in [2.05, 4.69) is 0 Å². The van der Waals surface area contributed by atoms with Crippen LogP contribution in [0.5, 0.6) is 0 Å². The van der Waals surface area contributed by atoms with Crippen molar-refractivity contribution in [3.63, 3.8) is 0 Å². The number of nitrogens with zero attached hydrogens (tertiary/aromatic N) is 2. The van der Waals surface area contributed by atoms with Gasteiger partial charge >= 0.3 is 12.0 Å². The van der Waals surface area contributed by atoms with Crippen LogP contribution in [0.25, 0.3) is 0 Å². The molecule has 1 aliphatic rings. The average Bonchev–Trinajstić information content (AvgIpc) is 3.18. The van der Waals surface area contributed by atoms with Crippen molar-refractivity contribution in [2.75, 3.05) is 18.5 Å². The molecule has 0 aliphatic heterocycles. The Labute approximate surface area is 110 Å². The van der Waals surface area contributed by atoms with Crippen LogP contribution in [0.15, 0.2) is 24.3 Å². The highest BCUT2D eigenvalue weighted by Crippen LogP contribution is 2.28. The number of carboxylic acids is 1. The molecule has 1 N–H and O–H groups in total. The zero-order chi connectivity index (χ0) is 14.0. The van der Waals surface area contributed by atoms with Gasteiger partial charge in [-0.1, -0.05) is 6.07 Å². The second-order valence-electron chi connectivity index (χ2n) is 4.57. The number of carbonyl (C=O) groups excluding carboxylic acids is 1. The minimum atomic E-state index is -1.05. The number of urea groups is 1. The van der Waals surface area contributed by atoms with E-state index < -0.39 is 17.8 Å². The Morgan fingerprint density at radius 1 is 1.42 bits per heavy atom. The van der Waals surface area contributed by atoms with Crippen LogP contribution in [0.1, 0.15) is 12.8 Å². The number of anilines is 1. The number of hydrogen-bond acceptors (Lipinski definition) is 2. The van der Waals surface area contributed by atoms with Gasteiger partial charge in [-0.15, -0.1) is 0 Å². The standard InChI is InChI=1S/C13H15FN2O3/c1-15(11-4-2-3-9(14)7-11)13(19)16(8-12(17)18)10-5-6-10/h2-4,7,10H,5-6,8H2,1H3,(H,17,18). The summed E-state index contributed by atoms with van der Waals surface area (Å²) in [6.07, 6.45) is 1.63. The molecule has 0 unspecified atom stereocenters. The monoisotopic (exact) mass is 266 g/mol. The molecule has 102 valence electrons. The fourth-order valence-electron chi connectivity index (χ4n) is 1.87. The van der Waals surface area contributed by atoms with Crippen LogP contribution in [0, 0.1) is 5.82 Å². The minimum absolute atomic E-state index is 0.0143. The zero-order valence-corrected chi connectivity index (χ0v) is 10.5. The number of amides is 2. The van der Waals surface area contributed by atoms with Crippen molar-refractivity contribution < 1.29 is 19.1 Å². The topological polar surface area (TPSA) is 60.9 Å². The lowest BCUT2D eigenvalue weighted by atomic mass is 10.3. The van der Waals surface area contributed by atoms with Crippen molar-refractivity contribution in [2.45, 2.75) is 18.9 Å². The maximum atomic E-state index is 13.1. The zero-order valence-electron chi connectivity index (χ0n) is 10.5. The van der Waals surface area contributed by atoms with Crippen molar-refractivity contribution in [1.29, 1.82) is 0 Å². The normalized spacial score (nSPS) is 14.0. The quantitative estimate of drug-likeness (QED) is 0.905. The molecule has 2 rings (SSSR count). The Bertz CT molecular complexity index is 502. The summed E-state index contributed by atoms with van der Waals surface area (Å²) in [6.45, 7) is -0.330. The fourth-order valence-corrected chi connectivity index (χ4v) is 1.87. The Balaban J connectivity index is 2.14.